The Morgan fingerprint density at radius 3 is 0.596 bits per heavy atom. The van der Waals surface area contributed by atoms with E-state index in [1.807, 2.05) is 12.4 Å². The molecule has 21 rings (SSSR count). The number of anilines is 2. The molecular formula is C84H52N10. The average molecular weight is 1200 g/mol. The average Bonchev–Trinajstić information content (AvgIpc) is 1.36. The third-order valence-corrected chi connectivity index (χ3v) is 20.2. The summed E-state index contributed by atoms with van der Waals surface area (Å²) in [5.74, 6) is 0. The van der Waals surface area contributed by atoms with Gasteiger partial charge in [-0.25, -0.2) is 0 Å². The first-order chi connectivity index (χ1) is 46.5. The van der Waals surface area contributed by atoms with Crippen LogP contribution >= 0.6 is 0 Å². The first-order valence-electron chi connectivity index (χ1n) is 31.9. The van der Waals surface area contributed by atoms with Gasteiger partial charge in [0.15, 0.2) is 0 Å². The summed E-state index contributed by atoms with van der Waals surface area (Å²) in [6.45, 7) is 0. The Labute approximate surface area is 535 Å². The number of rotatable bonds is 6. The smallest absolute Gasteiger partial charge is 0.0988 e. The highest BCUT2D eigenvalue weighted by Crippen LogP contribution is 2.45. The van der Waals surface area contributed by atoms with Gasteiger partial charge in [0.05, 0.1) is 112 Å². The molecule has 0 unspecified atom stereocenters. The standard InChI is InChI=1S/C84H52N10/c85-81-67-41-53(93-77-43-49(89-69-25-9-1-17-55(69)56-18-2-10-26-70(56)89)33-37-63(77)64-38-34-50(44-78(64)93)90-71-27-11-3-19-57(71)58-20-4-12-28-72(58)90)47-87-83(67)84-68(82(81)86)42-54(48-88-84)94-79-45-51(91-73-29-13-5-21-59(73)60-22-6-14-30-74(60)91)35-39-65(79)66-40-36-52(46-80(66)94)92-75-31-15-7-23-61(75)62-24-8-16-32-76(62)92/h1-48H,85-86H2. The summed E-state index contributed by atoms with van der Waals surface area (Å²) < 4.78 is 14.2. The van der Waals surface area contributed by atoms with Crippen LogP contribution < -0.4 is 11.5 Å². The largest absolute Gasteiger partial charge is 0.396 e. The summed E-state index contributed by atoms with van der Waals surface area (Å²) in [6.07, 6.45) is 3.96. The van der Waals surface area contributed by atoms with E-state index < -0.39 is 0 Å². The van der Waals surface area contributed by atoms with Gasteiger partial charge in [0, 0.05) is 98.2 Å². The molecule has 21 aromatic rings. The highest BCUT2D eigenvalue weighted by Gasteiger charge is 2.24. The van der Waals surface area contributed by atoms with Gasteiger partial charge in [0.25, 0.3) is 0 Å². The maximum atomic E-state index is 7.48. The highest BCUT2D eigenvalue weighted by atomic mass is 15.1. The number of para-hydroxylation sites is 8. The fourth-order valence-corrected chi connectivity index (χ4v) is 16.1. The van der Waals surface area contributed by atoms with Crippen molar-refractivity contribution in [3.8, 4) is 34.1 Å². The second-order valence-corrected chi connectivity index (χ2v) is 25.0. The Balaban J connectivity index is 0.787. The molecule has 94 heavy (non-hydrogen) atoms. The maximum absolute atomic E-state index is 7.48. The van der Waals surface area contributed by atoms with Crippen LogP contribution in [0.25, 0.3) is 187 Å². The van der Waals surface area contributed by atoms with Crippen LogP contribution in [0.3, 0.4) is 0 Å². The Hall–Kier alpha value is -12.9. The zero-order valence-electron chi connectivity index (χ0n) is 50.4. The predicted molar refractivity (Wildman–Crippen MR) is 392 cm³/mol. The van der Waals surface area contributed by atoms with Crippen molar-refractivity contribution in [2.45, 2.75) is 0 Å². The number of pyridine rings is 2. The molecule has 10 nitrogen and oxygen atoms in total. The summed E-state index contributed by atoms with van der Waals surface area (Å²) in [5, 5.41) is 15.6. The Morgan fingerprint density at radius 1 is 0.181 bits per heavy atom. The predicted octanol–water partition coefficient (Wildman–Crippen LogP) is 20.5. The van der Waals surface area contributed by atoms with E-state index in [9.17, 15) is 0 Å². The van der Waals surface area contributed by atoms with E-state index in [0.29, 0.717) is 22.4 Å². The second-order valence-electron chi connectivity index (χ2n) is 25.0. The molecule has 438 valence electrons. The van der Waals surface area contributed by atoms with Gasteiger partial charge >= 0.3 is 0 Å². The Kier molecular flexibility index (Phi) is 10.2. The van der Waals surface area contributed by atoms with E-state index in [0.717, 1.165) is 133 Å². The van der Waals surface area contributed by atoms with E-state index in [2.05, 4.69) is 306 Å². The van der Waals surface area contributed by atoms with Crippen molar-refractivity contribution < 1.29 is 0 Å². The molecule has 0 saturated heterocycles. The number of aromatic nitrogens is 8. The van der Waals surface area contributed by atoms with E-state index >= 15 is 0 Å². The van der Waals surface area contributed by atoms with Crippen LogP contribution in [0.1, 0.15) is 0 Å². The van der Waals surface area contributed by atoms with Crippen molar-refractivity contribution in [1.82, 2.24) is 37.4 Å². The second kappa shape index (κ2) is 18.8. The van der Waals surface area contributed by atoms with Crippen molar-refractivity contribution in [2.75, 3.05) is 11.5 Å². The van der Waals surface area contributed by atoms with Gasteiger partial charge in [-0.15, -0.1) is 0 Å². The van der Waals surface area contributed by atoms with Gasteiger partial charge < -0.3 is 38.9 Å². The zero-order valence-corrected chi connectivity index (χ0v) is 50.4. The Bertz CT molecular complexity index is 5930. The van der Waals surface area contributed by atoms with Crippen LogP contribution in [0.5, 0.6) is 0 Å². The summed E-state index contributed by atoms with van der Waals surface area (Å²) >= 11 is 0. The lowest BCUT2D eigenvalue weighted by molar-refractivity contribution is 1.13. The molecule has 0 saturated carbocycles. The fraction of sp³-hybridized carbons (Fsp3) is 0. The van der Waals surface area contributed by atoms with Gasteiger partial charge in [-0.3, -0.25) is 9.97 Å². The molecule has 0 amide bonds. The number of nitrogen functional groups attached to an aromatic ring is 2. The van der Waals surface area contributed by atoms with E-state index in [1.54, 1.807) is 0 Å². The molecule has 0 radical (unpaired) electrons. The van der Waals surface area contributed by atoms with Gasteiger partial charge in [0.2, 0.25) is 0 Å². The first kappa shape index (κ1) is 50.9. The molecule has 10 heteroatoms. The number of benzene rings is 13. The van der Waals surface area contributed by atoms with Crippen LogP contribution in [-0.4, -0.2) is 37.4 Å². The van der Waals surface area contributed by atoms with Crippen LogP contribution in [0.4, 0.5) is 11.4 Å². The summed E-state index contributed by atoms with van der Waals surface area (Å²) in [4.78, 5) is 10.8. The van der Waals surface area contributed by atoms with Crippen LogP contribution in [0.15, 0.2) is 291 Å². The van der Waals surface area contributed by atoms with Crippen molar-refractivity contribution >= 4 is 164 Å². The highest BCUT2D eigenvalue weighted by molar-refractivity contribution is 6.20. The van der Waals surface area contributed by atoms with Crippen LogP contribution in [0, 0.1) is 0 Å². The normalized spacial score (nSPS) is 12.3. The molecule has 8 heterocycles. The lowest BCUT2D eigenvalue weighted by Gasteiger charge is -2.16. The molecule has 0 aliphatic rings. The molecule has 0 atom stereocenters. The SMILES string of the molecule is Nc1c(N)c2cc(-n3c4cc(-n5c6ccccc6c6ccccc65)ccc4c4ccc(-n5c6ccccc6c6ccccc65)cc43)cnc2c2ncc(-n3c4cc(-n5c6ccccc6c6ccccc65)ccc4c4ccc(-n5c6ccccc6c6ccccc65)cc43)cc12. The zero-order chi connectivity index (χ0) is 61.6. The minimum atomic E-state index is 0.443. The van der Waals surface area contributed by atoms with E-state index in [1.165, 1.54) is 43.1 Å². The molecule has 13 aromatic carbocycles. The Morgan fingerprint density at radius 2 is 0.372 bits per heavy atom. The monoisotopic (exact) mass is 1200 g/mol. The summed E-state index contributed by atoms with van der Waals surface area (Å²) in [6, 6.07) is 101. The molecule has 8 aromatic heterocycles. The lowest BCUT2D eigenvalue weighted by Crippen LogP contribution is -2.04. The number of nitrogens with zero attached hydrogens (tertiary/aromatic N) is 8. The number of hydrogen-bond acceptors (Lipinski definition) is 4. The number of nitrogens with two attached hydrogens (primary N) is 2. The van der Waals surface area contributed by atoms with Gasteiger partial charge in [-0.05, 0) is 109 Å². The van der Waals surface area contributed by atoms with E-state index in [4.69, 9.17) is 21.4 Å². The first-order valence-corrected chi connectivity index (χ1v) is 31.9. The van der Waals surface area contributed by atoms with Gasteiger partial charge in [-0.1, -0.05) is 170 Å². The minimum absolute atomic E-state index is 0.443. The molecule has 0 bridgehead atoms. The van der Waals surface area contributed by atoms with Crippen molar-refractivity contribution in [3.05, 3.63) is 291 Å². The fourth-order valence-electron chi connectivity index (χ4n) is 16.1. The molecule has 0 spiro atoms. The van der Waals surface area contributed by atoms with Crippen LogP contribution in [0.2, 0.25) is 0 Å². The molecule has 0 aliphatic carbocycles. The summed E-state index contributed by atoms with van der Waals surface area (Å²) in [7, 11) is 0. The molecule has 0 aliphatic heterocycles. The third-order valence-electron chi connectivity index (χ3n) is 20.2. The van der Waals surface area contributed by atoms with Crippen molar-refractivity contribution in [2.24, 2.45) is 0 Å². The van der Waals surface area contributed by atoms with Gasteiger partial charge in [-0.2, -0.15) is 0 Å². The summed E-state index contributed by atoms with van der Waals surface area (Å²) in [5.41, 5.74) is 36.3. The van der Waals surface area contributed by atoms with E-state index in [-0.39, 0.29) is 0 Å². The molecular weight excluding hydrogens is 1150 g/mol. The number of fused-ring (bicyclic) bond motifs is 21. The lowest BCUT2D eigenvalue weighted by atomic mass is 10.0. The molecule has 0 fully saturated rings. The van der Waals surface area contributed by atoms with Gasteiger partial charge in [0.1, 0.15) is 0 Å². The van der Waals surface area contributed by atoms with Crippen LogP contribution in [-0.2, 0) is 0 Å². The third kappa shape index (κ3) is 6.86. The quantitative estimate of drug-likeness (QED) is 0.0982. The number of hydrogen-bond donors (Lipinski definition) is 2. The van der Waals surface area contributed by atoms with Crippen molar-refractivity contribution in [1.29, 1.82) is 0 Å². The molecule has 4 N–H and O–H groups in total. The minimum Gasteiger partial charge on any atom is -0.396 e. The topological polar surface area (TPSA) is 107 Å². The van der Waals surface area contributed by atoms with Crippen molar-refractivity contribution in [3.63, 3.8) is 0 Å². The maximum Gasteiger partial charge on any atom is 0.0988 e.